The SMILES string of the molecule is O=C(COc1ccc(F)cc1)NCCNc1cc(Nc2ccccn2)ncn1. The molecule has 3 N–H and O–H groups in total. The van der Waals surface area contributed by atoms with E-state index in [0.717, 1.165) is 0 Å². The molecule has 3 rings (SSSR count). The fourth-order valence-electron chi connectivity index (χ4n) is 2.21. The molecule has 0 aliphatic heterocycles. The lowest BCUT2D eigenvalue weighted by Gasteiger charge is -2.10. The third kappa shape index (κ3) is 6.20. The van der Waals surface area contributed by atoms with Crippen LogP contribution in [0.25, 0.3) is 0 Å². The molecule has 0 spiro atoms. The molecule has 1 aromatic carbocycles. The van der Waals surface area contributed by atoms with Crippen molar-refractivity contribution in [2.45, 2.75) is 0 Å². The standard InChI is InChI=1S/C19H19FN6O2/c20-14-4-6-15(7-5-14)28-12-19(27)23-10-9-22-17-11-18(25-13-24-17)26-16-3-1-2-8-21-16/h1-8,11,13H,9-10,12H2,(H,23,27)(H2,21,22,24,25,26). The monoisotopic (exact) mass is 382 g/mol. The second-order valence-electron chi connectivity index (χ2n) is 5.65. The molecule has 1 amide bonds. The van der Waals surface area contributed by atoms with Crippen molar-refractivity contribution in [1.29, 1.82) is 0 Å². The highest BCUT2D eigenvalue weighted by Crippen LogP contribution is 2.13. The summed E-state index contributed by atoms with van der Waals surface area (Å²) in [4.78, 5) is 24.2. The fraction of sp³-hybridized carbons (Fsp3) is 0.158. The molecule has 144 valence electrons. The molecule has 0 aliphatic rings. The zero-order valence-corrected chi connectivity index (χ0v) is 14.9. The van der Waals surface area contributed by atoms with Crippen LogP contribution in [0.15, 0.2) is 61.1 Å². The van der Waals surface area contributed by atoms with E-state index in [2.05, 4.69) is 30.9 Å². The Balaban J connectivity index is 1.37. The predicted octanol–water partition coefficient (Wildman–Crippen LogP) is 2.36. The molecule has 0 bridgehead atoms. The summed E-state index contributed by atoms with van der Waals surface area (Å²) in [7, 11) is 0. The van der Waals surface area contributed by atoms with Crippen molar-refractivity contribution in [2.24, 2.45) is 0 Å². The van der Waals surface area contributed by atoms with Crippen LogP contribution in [0.3, 0.4) is 0 Å². The lowest BCUT2D eigenvalue weighted by Crippen LogP contribution is -2.32. The first kappa shape index (κ1) is 19.0. The van der Waals surface area contributed by atoms with Gasteiger partial charge in [-0.25, -0.2) is 19.3 Å². The number of pyridine rings is 1. The molecule has 2 heterocycles. The molecule has 0 aliphatic carbocycles. The molecular formula is C19H19FN6O2. The van der Waals surface area contributed by atoms with Gasteiger partial charge in [-0.15, -0.1) is 0 Å². The van der Waals surface area contributed by atoms with Crippen molar-refractivity contribution in [3.63, 3.8) is 0 Å². The van der Waals surface area contributed by atoms with E-state index in [0.29, 0.717) is 36.3 Å². The molecule has 28 heavy (non-hydrogen) atoms. The maximum absolute atomic E-state index is 12.8. The predicted molar refractivity (Wildman–Crippen MR) is 103 cm³/mol. The van der Waals surface area contributed by atoms with Crippen LogP contribution in [0.2, 0.25) is 0 Å². The van der Waals surface area contributed by atoms with Gasteiger partial charge in [-0.3, -0.25) is 4.79 Å². The maximum atomic E-state index is 12.8. The summed E-state index contributed by atoms with van der Waals surface area (Å²) in [6.07, 6.45) is 3.12. The fourth-order valence-corrected chi connectivity index (χ4v) is 2.21. The van der Waals surface area contributed by atoms with E-state index in [4.69, 9.17) is 4.74 Å². The number of ether oxygens (including phenoxy) is 1. The van der Waals surface area contributed by atoms with E-state index in [9.17, 15) is 9.18 Å². The van der Waals surface area contributed by atoms with Gasteiger partial charge in [0.2, 0.25) is 0 Å². The number of rotatable bonds is 9. The van der Waals surface area contributed by atoms with Crippen LogP contribution in [0.4, 0.5) is 21.8 Å². The number of hydrogen-bond donors (Lipinski definition) is 3. The van der Waals surface area contributed by atoms with Gasteiger partial charge in [-0.05, 0) is 36.4 Å². The molecule has 0 atom stereocenters. The van der Waals surface area contributed by atoms with Gasteiger partial charge in [0.1, 0.15) is 35.3 Å². The van der Waals surface area contributed by atoms with Gasteiger partial charge in [0.15, 0.2) is 6.61 Å². The van der Waals surface area contributed by atoms with E-state index < -0.39 is 0 Å². The van der Waals surface area contributed by atoms with Crippen molar-refractivity contribution in [1.82, 2.24) is 20.3 Å². The largest absolute Gasteiger partial charge is 0.484 e. The summed E-state index contributed by atoms with van der Waals surface area (Å²) in [6, 6.07) is 12.8. The van der Waals surface area contributed by atoms with Crippen molar-refractivity contribution in [3.8, 4) is 5.75 Å². The summed E-state index contributed by atoms with van der Waals surface area (Å²) in [5.74, 6) is 1.71. The first-order valence-electron chi connectivity index (χ1n) is 8.58. The average Bonchev–Trinajstić information content (AvgIpc) is 2.72. The van der Waals surface area contributed by atoms with E-state index in [1.54, 1.807) is 12.3 Å². The number of aromatic nitrogens is 3. The lowest BCUT2D eigenvalue weighted by molar-refractivity contribution is -0.123. The first-order valence-corrected chi connectivity index (χ1v) is 8.58. The van der Waals surface area contributed by atoms with Crippen LogP contribution in [-0.4, -0.2) is 40.6 Å². The molecule has 0 fully saturated rings. The Kier molecular flexibility index (Phi) is 6.67. The third-order valence-electron chi connectivity index (χ3n) is 3.52. The normalized spacial score (nSPS) is 10.2. The van der Waals surface area contributed by atoms with Gasteiger partial charge >= 0.3 is 0 Å². The number of amides is 1. The Morgan fingerprint density at radius 1 is 0.964 bits per heavy atom. The smallest absolute Gasteiger partial charge is 0.258 e. The molecule has 9 heteroatoms. The zero-order chi connectivity index (χ0) is 19.6. The molecule has 3 aromatic rings. The second-order valence-corrected chi connectivity index (χ2v) is 5.65. The van der Waals surface area contributed by atoms with Crippen LogP contribution in [0.5, 0.6) is 5.75 Å². The number of carbonyl (C=O) groups excluding carboxylic acids is 1. The van der Waals surface area contributed by atoms with Crippen molar-refractivity contribution in [2.75, 3.05) is 30.3 Å². The molecule has 0 radical (unpaired) electrons. The highest BCUT2D eigenvalue weighted by Gasteiger charge is 2.03. The van der Waals surface area contributed by atoms with Gasteiger partial charge in [-0.1, -0.05) is 6.07 Å². The molecule has 2 aromatic heterocycles. The van der Waals surface area contributed by atoms with Crippen molar-refractivity contribution < 1.29 is 13.9 Å². The quantitative estimate of drug-likeness (QED) is 0.488. The Labute approximate surface area is 161 Å². The average molecular weight is 382 g/mol. The number of halogens is 1. The minimum atomic E-state index is -0.356. The van der Waals surface area contributed by atoms with E-state index in [1.807, 2.05) is 18.2 Å². The molecular weight excluding hydrogens is 363 g/mol. The number of nitrogens with zero attached hydrogens (tertiary/aromatic N) is 3. The summed E-state index contributed by atoms with van der Waals surface area (Å²) < 4.78 is 18.1. The van der Waals surface area contributed by atoms with Crippen molar-refractivity contribution >= 4 is 23.4 Å². The number of anilines is 3. The number of hydrogen-bond acceptors (Lipinski definition) is 7. The van der Waals surface area contributed by atoms with Crippen LogP contribution in [0.1, 0.15) is 0 Å². The van der Waals surface area contributed by atoms with Crippen LogP contribution in [-0.2, 0) is 4.79 Å². The third-order valence-corrected chi connectivity index (χ3v) is 3.52. The van der Waals surface area contributed by atoms with Gasteiger partial charge in [-0.2, -0.15) is 0 Å². The summed E-state index contributed by atoms with van der Waals surface area (Å²) in [6.45, 7) is 0.720. The van der Waals surface area contributed by atoms with Crippen molar-refractivity contribution in [3.05, 3.63) is 66.9 Å². The highest BCUT2D eigenvalue weighted by atomic mass is 19.1. The first-order chi connectivity index (χ1) is 13.7. The van der Waals surface area contributed by atoms with Gasteiger partial charge in [0.05, 0.1) is 0 Å². The topological polar surface area (TPSA) is 101 Å². The number of benzene rings is 1. The lowest BCUT2D eigenvalue weighted by atomic mass is 10.3. The summed E-state index contributed by atoms with van der Waals surface area (Å²) in [5.41, 5.74) is 0. The van der Waals surface area contributed by atoms with Gasteiger partial charge < -0.3 is 20.7 Å². The van der Waals surface area contributed by atoms with Gasteiger partial charge in [0.25, 0.3) is 5.91 Å². The van der Waals surface area contributed by atoms with E-state index in [1.165, 1.54) is 30.6 Å². The highest BCUT2D eigenvalue weighted by molar-refractivity contribution is 5.77. The minimum absolute atomic E-state index is 0.142. The zero-order valence-electron chi connectivity index (χ0n) is 14.9. The van der Waals surface area contributed by atoms with Crippen LogP contribution >= 0.6 is 0 Å². The van der Waals surface area contributed by atoms with Gasteiger partial charge in [0, 0.05) is 25.4 Å². The molecule has 0 unspecified atom stereocenters. The maximum Gasteiger partial charge on any atom is 0.258 e. The Bertz CT molecular complexity index is 892. The Morgan fingerprint density at radius 2 is 1.79 bits per heavy atom. The second kappa shape index (κ2) is 9.81. The van der Waals surface area contributed by atoms with E-state index in [-0.39, 0.29) is 18.3 Å². The number of carbonyl (C=O) groups is 1. The molecule has 0 saturated carbocycles. The Morgan fingerprint density at radius 3 is 2.57 bits per heavy atom. The summed E-state index contributed by atoms with van der Waals surface area (Å²) >= 11 is 0. The molecule has 8 nitrogen and oxygen atoms in total. The minimum Gasteiger partial charge on any atom is -0.484 e. The molecule has 0 saturated heterocycles. The summed E-state index contributed by atoms with van der Waals surface area (Å²) in [5, 5.41) is 8.89. The van der Waals surface area contributed by atoms with Crippen LogP contribution in [0, 0.1) is 5.82 Å². The number of nitrogens with one attached hydrogen (secondary N) is 3. The van der Waals surface area contributed by atoms with Crippen LogP contribution < -0.4 is 20.7 Å². The van der Waals surface area contributed by atoms with E-state index >= 15 is 0 Å². The Hall–Kier alpha value is -3.75.